The second kappa shape index (κ2) is 8.14. The summed E-state index contributed by atoms with van der Waals surface area (Å²) in [4.78, 5) is 30.1. The van der Waals surface area contributed by atoms with Crippen molar-refractivity contribution in [3.63, 3.8) is 0 Å². The molecule has 0 radical (unpaired) electrons. The normalized spacial score (nSPS) is 19.7. The lowest BCUT2D eigenvalue weighted by Crippen LogP contribution is -2.39. The highest BCUT2D eigenvalue weighted by atomic mass is 35.5. The van der Waals surface area contributed by atoms with Gasteiger partial charge in [0.05, 0.1) is 16.2 Å². The zero-order valence-corrected chi connectivity index (χ0v) is 17.2. The summed E-state index contributed by atoms with van der Waals surface area (Å²) in [7, 11) is 0. The number of piperidine rings is 1. The Kier molecular flexibility index (Phi) is 6.02. The van der Waals surface area contributed by atoms with E-state index in [-0.39, 0.29) is 35.5 Å². The van der Waals surface area contributed by atoms with Crippen LogP contribution in [0.2, 0.25) is 0 Å². The standard InChI is InChI=1S/C19H22N4O3S.ClH/c1-13-16(8-15(10-21-13)23(25)26)18(24)22(11-14-2-7-27-12-14)17-9-19(17)3-5-20-6-4-19;/h2,7-8,10,12,17,20H,3-6,9,11H2,1H3;1H. The molecule has 1 aliphatic carbocycles. The van der Waals surface area contributed by atoms with Crippen molar-refractivity contribution in [2.45, 2.75) is 38.8 Å². The molecule has 1 amide bonds. The van der Waals surface area contributed by atoms with E-state index in [9.17, 15) is 14.9 Å². The summed E-state index contributed by atoms with van der Waals surface area (Å²) < 4.78 is 0. The van der Waals surface area contributed by atoms with Crippen LogP contribution >= 0.6 is 23.7 Å². The van der Waals surface area contributed by atoms with Gasteiger partial charge in [-0.15, -0.1) is 12.4 Å². The number of halogens is 1. The highest BCUT2D eigenvalue weighted by Crippen LogP contribution is 2.56. The van der Waals surface area contributed by atoms with Crippen LogP contribution in [-0.4, -0.2) is 39.8 Å². The molecular weight excluding hydrogens is 400 g/mol. The van der Waals surface area contributed by atoms with Gasteiger partial charge in [-0.05, 0) is 67.1 Å². The Bertz CT molecular complexity index is 868. The quantitative estimate of drug-likeness (QED) is 0.587. The summed E-state index contributed by atoms with van der Waals surface area (Å²) in [5, 5.41) is 18.6. The molecule has 1 unspecified atom stereocenters. The van der Waals surface area contributed by atoms with E-state index < -0.39 is 4.92 Å². The third kappa shape index (κ3) is 3.90. The van der Waals surface area contributed by atoms with E-state index in [1.165, 1.54) is 12.3 Å². The Morgan fingerprint density at radius 1 is 1.46 bits per heavy atom. The number of hydrogen-bond donors (Lipinski definition) is 1. The fourth-order valence-corrected chi connectivity index (χ4v) is 4.78. The summed E-state index contributed by atoms with van der Waals surface area (Å²) in [6, 6.07) is 3.58. The van der Waals surface area contributed by atoms with Gasteiger partial charge in [-0.25, -0.2) is 0 Å². The first-order valence-electron chi connectivity index (χ1n) is 9.14. The molecule has 0 aromatic carbocycles. The summed E-state index contributed by atoms with van der Waals surface area (Å²) in [6.07, 6.45) is 4.35. The van der Waals surface area contributed by atoms with E-state index >= 15 is 0 Å². The molecule has 1 spiro atoms. The maximum Gasteiger partial charge on any atom is 0.288 e. The first-order chi connectivity index (χ1) is 13.0. The molecule has 9 heteroatoms. The number of hydrogen-bond acceptors (Lipinski definition) is 6. The Hall–Kier alpha value is -2.03. The van der Waals surface area contributed by atoms with Gasteiger partial charge in [0.1, 0.15) is 6.20 Å². The van der Waals surface area contributed by atoms with Crippen LogP contribution < -0.4 is 5.32 Å². The number of carbonyl (C=O) groups excluding carboxylic acids is 1. The van der Waals surface area contributed by atoms with Crippen molar-refractivity contribution in [2.24, 2.45) is 5.41 Å². The van der Waals surface area contributed by atoms with Gasteiger partial charge in [0.25, 0.3) is 11.6 Å². The van der Waals surface area contributed by atoms with E-state index in [0.717, 1.165) is 37.9 Å². The molecule has 0 bridgehead atoms. The largest absolute Gasteiger partial charge is 0.331 e. The van der Waals surface area contributed by atoms with Gasteiger partial charge in [0.15, 0.2) is 0 Å². The summed E-state index contributed by atoms with van der Waals surface area (Å²) in [5.74, 6) is -0.157. The predicted octanol–water partition coefficient (Wildman–Crippen LogP) is 3.57. The Labute approximate surface area is 173 Å². The predicted molar refractivity (Wildman–Crippen MR) is 110 cm³/mol. The number of aryl methyl sites for hydroxylation is 1. The topological polar surface area (TPSA) is 88.4 Å². The summed E-state index contributed by atoms with van der Waals surface area (Å²) >= 11 is 1.61. The third-order valence-electron chi connectivity index (χ3n) is 5.83. The van der Waals surface area contributed by atoms with E-state index in [1.54, 1.807) is 18.3 Å². The van der Waals surface area contributed by atoms with Gasteiger partial charge >= 0.3 is 0 Å². The van der Waals surface area contributed by atoms with Gasteiger partial charge < -0.3 is 10.2 Å². The van der Waals surface area contributed by atoms with Gasteiger partial charge in [0.2, 0.25) is 0 Å². The average Bonchev–Trinajstić information content (AvgIpc) is 3.09. The molecule has 7 nitrogen and oxygen atoms in total. The lowest BCUT2D eigenvalue weighted by Gasteiger charge is -2.30. The fourth-order valence-electron chi connectivity index (χ4n) is 4.12. The van der Waals surface area contributed by atoms with E-state index in [2.05, 4.69) is 15.7 Å². The zero-order chi connectivity index (χ0) is 19.0. The highest BCUT2D eigenvalue weighted by Gasteiger charge is 2.57. The number of nitro groups is 1. The maximum atomic E-state index is 13.4. The zero-order valence-electron chi connectivity index (χ0n) is 15.6. The van der Waals surface area contributed by atoms with Crippen LogP contribution in [0.15, 0.2) is 29.1 Å². The number of amides is 1. The lowest BCUT2D eigenvalue weighted by molar-refractivity contribution is -0.385. The maximum absolute atomic E-state index is 13.4. The van der Waals surface area contributed by atoms with Gasteiger partial charge in [-0.2, -0.15) is 11.3 Å². The van der Waals surface area contributed by atoms with E-state index in [1.807, 2.05) is 16.3 Å². The molecule has 1 saturated heterocycles. The van der Waals surface area contributed by atoms with Crippen molar-refractivity contribution < 1.29 is 9.72 Å². The van der Waals surface area contributed by atoms with Crippen molar-refractivity contribution in [1.82, 2.24) is 15.2 Å². The van der Waals surface area contributed by atoms with Crippen molar-refractivity contribution in [1.29, 1.82) is 0 Å². The minimum atomic E-state index is -0.502. The molecule has 3 heterocycles. The fraction of sp³-hybridized carbons (Fsp3) is 0.474. The molecule has 28 heavy (non-hydrogen) atoms. The van der Waals surface area contributed by atoms with Crippen LogP contribution in [0.4, 0.5) is 5.69 Å². The van der Waals surface area contributed by atoms with Crippen molar-refractivity contribution in [3.05, 3.63) is 56.0 Å². The number of rotatable bonds is 5. The Morgan fingerprint density at radius 3 is 2.86 bits per heavy atom. The number of nitrogens with one attached hydrogen (secondary N) is 1. The van der Waals surface area contributed by atoms with Gasteiger partial charge in [0, 0.05) is 18.7 Å². The Balaban J connectivity index is 0.00000225. The van der Waals surface area contributed by atoms with Gasteiger partial charge in [-0.3, -0.25) is 19.9 Å². The number of thiophene rings is 1. The van der Waals surface area contributed by atoms with Crippen LogP contribution in [0.3, 0.4) is 0 Å². The number of aromatic nitrogens is 1. The van der Waals surface area contributed by atoms with Crippen LogP contribution in [0.5, 0.6) is 0 Å². The van der Waals surface area contributed by atoms with Crippen molar-refractivity contribution in [3.8, 4) is 0 Å². The summed E-state index contributed by atoms with van der Waals surface area (Å²) in [5.41, 5.74) is 2.00. The lowest BCUT2D eigenvalue weighted by atomic mass is 9.93. The molecule has 1 aliphatic heterocycles. The number of pyridine rings is 1. The van der Waals surface area contributed by atoms with E-state index in [4.69, 9.17) is 0 Å². The van der Waals surface area contributed by atoms with Crippen LogP contribution in [0, 0.1) is 22.5 Å². The molecule has 2 aromatic rings. The highest BCUT2D eigenvalue weighted by molar-refractivity contribution is 7.07. The molecule has 1 saturated carbocycles. The molecule has 2 aliphatic rings. The van der Waals surface area contributed by atoms with Crippen molar-refractivity contribution >= 4 is 35.3 Å². The number of carbonyl (C=O) groups is 1. The second-order valence-corrected chi connectivity index (χ2v) is 8.26. The SMILES string of the molecule is Cc1ncc([N+](=O)[O-])cc1C(=O)N(Cc1ccsc1)C1CC12CCNCC2.Cl. The Morgan fingerprint density at radius 2 is 2.21 bits per heavy atom. The molecule has 1 atom stereocenters. The molecule has 1 N–H and O–H groups in total. The first-order valence-corrected chi connectivity index (χ1v) is 10.1. The molecule has 2 fully saturated rings. The second-order valence-electron chi connectivity index (χ2n) is 7.48. The number of nitrogens with zero attached hydrogens (tertiary/aromatic N) is 3. The summed E-state index contributed by atoms with van der Waals surface area (Å²) in [6.45, 7) is 4.22. The van der Waals surface area contributed by atoms with E-state index in [0.29, 0.717) is 17.8 Å². The first kappa shape index (κ1) is 20.7. The molecular formula is C19H23ClN4O3S. The minimum absolute atomic E-state index is 0. The van der Waals surface area contributed by atoms with Crippen LogP contribution in [0.1, 0.15) is 40.9 Å². The smallest absolute Gasteiger partial charge is 0.288 e. The van der Waals surface area contributed by atoms with Gasteiger partial charge in [-0.1, -0.05) is 0 Å². The minimum Gasteiger partial charge on any atom is -0.331 e. The molecule has 2 aromatic heterocycles. The monoisotopic (exact) mass is 422 g/mol. The molecule has 150 valence electrons. The average molecular weight is 423 g/mol. The van der Waals surface area contributed by atoms with Crippen molar-refractivity contribution in [2.75, 3.05) is 13.1 Å². The molecule has 4 rings (SSSR count). The van der Waals surface area contributed by atoms with Crippen LogP contribution in [-0.2, 0) is 6.54 Å². The third-order valence-corrected chi connectivity index (χ3v) is 6.56. The van der Waals surface area contributed by atoms with Crippen LogP contribution in [0.25, 0.3) is 0 Å².